The van der Waals surface area contributed by atoms with Crippen LogP contribution < -0.4 is 5.32 Å². The average Bonchev–Trinajstić information content (AvgIpc) is 2.27. The number of fused-ring (bicyclic) bond motifs is 1. The van der Waals surface area contributed by atoms with Gasteiger partial charge in [0.05, 0.1) is 5.52 Å². The number of hydrogen-bond acceptors (Lipinski definition) is 3. The zero-order valence-corrected chi connectivity index (χ0v) is 8.74. The first-order valence-electron chi connectivity index (χ1n) is 4.80. The van der Waals surface area contributed by atoms with Gasteiger partial charge in [-0.3, -0.25) is 4.79 Å². The van der Waals surface area contributed by atoms with Crippen molar-refractivity contribution < 1.29 is 4.79 Å². The third kappa shape index (κ3) is 1.81. The SMILES string of the molecule is CNc1ccc2cc(C(C)=O)ccc2n1. The zero-order chi connectivity index (χ0) is 10.8. The summed E-state index contributed by atoms with van der Waals surface area (Å²) in [4.78, 5) is 15.6. The van der Waals surface area contributed by atoms with E-state index >= 15 is 0 Å². The maximum absolute atomic E-state index is 11.2. The van der Waals surface area contributed by atoms with Gasteiger partial charge in [0.1, 0.15) is 5.82 Å². The van der Waals surface area contributed by atoms with E-state index in [-0.39, 0.29) is 5.78 Å². The second-order valence-corrected chi connectivity index (χ2v) is 3.41. The van der Waals surface area contributed by atoms with E-state index in [9.17, 15) is 4.79 Å². The number of nitrogens with one attached hydrogen (secondary N) is 1. The first-order valence-corrected chi connectivity index (χ1v) is 4.80. The Morgan fingerprint density at radius 2 is 2.07 bits per heavy atom. The van der Waals surface area contributed by atoms with E-state index in [1.165, 1.54) is 0 Å². The van der Waals surface area contributed by atoms with Crippen LogP contribution in [0, 0.1) is 0 Å². The predicted octanol–water partition coefficient (Wildman–Crippen LogP) is 2.48. The normalized spacial score (nSPS) is 10.3. The number of anilines is 1. The number of pyridine rings is 1. The van der Waals surface area contributed by atoms with Gasteiger partial charge in [-0.15, -0.1) is 0 Å². The molecule has 0 bridgehead atoms. The van der Waals surface area contributed by atoms with Gasteiger partial charge >= 0.3 is 0 Å². The molecular weight excluding hydrogens is 188 g/mol. The molecule has 76 valence electrons. The molecule has 0 aliphatic carbocycles. The van der Waals surface area contributed by atoms with E-state index in [1.54, 1.807) is 13.0 Å². The summed E-state index contributed by atoms with van der Waals surface area (Å²) in [5.74, 6) is 0.910. The summed E-state index contributed by atoms with van der Waals surface area (Å²) in [6.45, 7) is 1.57. The minimum atomic E-state index is 0.0783. The second kappa shape index (κ2) is 3.69. The molecule has 0 atom stereocenters. The Hall–Kier alpha value is -1.90. The molecule has 1 N–H and O–H groups in total. The number of nitrogens with zero attached hydrogens (tertiary/aromatic N) is 1. The highest BCUT2D eigenvalue weighted by atomic mass is 16.1. The van der Waals surface area contributed by atoms with Crippen molar-refractivity contribution in [2.75, 3.05) is 12.4 Å². The van der Waals surface area contributed by atoms with E-state index < -0.39 is 0 Å². The van der Waals surface area contributed by atoms with Crippen LogP contribution in [-0.4, -0.2) is 17.8 Å². The van der Waals surface area contributed by atoms with Crippen molar-refractivity contribution in [2.45, 2.75) is 6.92 Å². The molecule has 3 nitrogen and oxygen atoms in total. The lowest BCUT2D eigenvalue weighted by Crippen LogP contribution is -1.94. The number of aromatic nitrogens is 1. The average molecular weight is 200 g/mol. The minimum Gasteiger partial charge on any atom is -0.373 e. The number of carbonyl (C=O) groups is 1. The Morgan fingerprint density at radius 3 is 2.73 bits per heavy atom. The fraction of sp³-hybridized carbons (Fsp3) is 0.167. The third-order valence-corrected chi connectivity index (χ3v) is 2.35. The van der Waals surface area contributed by atoms with E-state index in [4.69, 9.17) is 0 Å². The molecular formula is C12H12N2O. The number of Topliss-reactive ketones (excluding diaryl/α,β-unsaturated/α-hetero) is 1. The van der Waals surface area contributed by atoms with Crippen LogP contribution in [0.4, 0.5) is 5.82 Å². The smallest absolute Gasteiger partial charge is 0.159 e. The van der Waals surface area contributed by atoms with Crippen LogP contribution in [-0.2, 0) is 0 Å². The van der Waals surface area contributed by atoms with E-state index in [0.717, 1.165) is 22.3 Å². The maximum Gasteiger partial charge on any atom is 0.159 e. The highest BCUT2D eigenvalue weighted by Crippen LogP contribution is 2.16. The van der Waals surface area contributed by atoms with Gasteiger partial charge < -0.3 is 5.32 Å². The number of benzene rings is 1. The van der Waals surface area contributed by atoms with Crippen molar-refractivity contribution in [3.63, 3.8) is 0 Å². The largest absolute Gasteiger partial charge is 0.373 e. The van der Waals surface area contributed by atoms with E-state index in [2.05, 4.69) is 10.3 Å². The standard InChI is InChI=1S/C12H12N2O/c1-8(15)9-3-5-11-10(7-9)4-6-12(13-2)14-11/h3-7H,1-2H3,(H,13,14). The van der Waals surface area contributed by atoms with Crippen LogP contribution in [0.3, 0.4) is 0 Å². The van der Waals surface area contributed by atoms with Crippen molar-refractivity contribution >= 4 is 22.5 Å². The van der Waals surface area contributed by atoms with Crippen LogP contribution >= 0.6 is 0 Å². The molecule has 0 aliphatic heterocycles. The van der Waals surface area contributed by atoms with Gasteiger partial charge in [0.25, 0.3) is 0 Å². The summed E-state index contributed by atoms with van der Waals surface area (Å²) >= 11 is 0. The predicted molar refractivity (Wildman–Crippen MR) is 61.3 cm³/mol. The molecule has 15 heavy (non-hydrogen) atoms. The topological polar surface area (TPSA) is 42.0 Å². The van der Waals surface area contributed by atoms with Crippen LogP contribution in [0.25, 0.3) is 10.9 Å². The van der Waals surface area contributed by atoms with Gasteiger partial charge in [-0.25, -0.2) is 4.98 Å². The lowest BCUT2D eigenvalue weighted by Gasteiger charge is -2.03. The van der Waals surface area contributed by atoms with Crippen molar-refractivity contribution in [3.8, 4) is 0 Å². The summed E-state index contributed by atoms with van der Waals surface area (Å²) in [6.07, 6.45) is 0. The van der Waals surface area contributed by atoms with Crippen molar-refractivity contribution in [1.29, 1.82) is 0 Å². The highest BCUT2D eigenvalue weighted by Gasteiger charge is 2.01. The van der Waals surface area contributed by atoms with Crippen LogP contribution in [0.1, 0.15) is 17.3 Å². The molecule has 1 aromatic carbocycles. The first kappa shape index (κ1) is 9.65. The molecule has 3 heteroatoms. The van der Waals surface area contributed by atoms with Crippen LogP contribution in [0.5, 0.6) is 0 Å². The van der Waals surface area contributed by atoms with Crippen LogP contribution in [0.15, 0.2) is 30.3 Å². The molecule has 0 saturated heterocycles. The number of rotatable bonds is 2. The summed E-state index contributed by atoms with van der Waals surface area (Å²) in [5.41, 5.74) is 1.62. The number of carbonyl (C=O) groups excluding carboxylic acids is 1. The lowest BCUT2D eigenvalue weighted by atomic mass is 10.1. The first-order chi connectivity index (χ1) is 7.20. The van der Waals surface area contributed by atoms with Gasteiger partial charge in [-0.1, -0.05) is 0 Å². The van der Waals surface area contributed by atoms with Crippen molar-refractivity contribution in [2.24, 2.45) is 0 Å². The van der Waals surface area contributed by atoms with Gasteiger partial charge in [0.15, 0.2) is 5.78 Å². The third-order valence-electron chi connectivity index (χ3n) is 2.35. The van der Waals surface area contributed by atoms with E-state index in [0.29, 0.717) is 0 Å². The molecule has 0 amide bonds. The highest BCUT2D eigenvalue weighted by molar-refractivity contribution is 5.97. The minimum absolute atomic E-state index is 0.0783. The van der Waals surface area contributed by atoms with Crippen LogP contribution in [0.2, 0.25) is 0 Å². The van der Waals surface area contributed by atoms with Crippen molar-refractivity contribution in [1.82, 2.24) is 4.98 Å². The molecule has 1 aromatic heterocycles. The molecule has 2 aromatic rings. The Morgan fingerprint density at radius 1 is 1.27 bits per heavy atom. The summed E-state index contributed by atoms with van der Waals surface area (Å²) in [7, 11) is 1.83. The molecule has 0 fully saturated rings. The molecule has 0 unspecified atom stereocenters. The molecule has 1 heterocycles. The molecule has 0 radical (unpaired) electrons. The summed E-state index contributed by atoms with van der Waals surface area (Å²) < 4.78 is 0. The summed E-state index contributed by atoms with van der Waals surface area (Å²) in [5, 5.41) is 3.97. The molecule has 2 rings (SSSR count). The number of hydrogen-bond donors (Lipinski definition) is 1. The fourth-order valence-corrected chi connectivity index (χ4v) is 1.48. The van der Waals surface area contributed by atoms with Gasteiger partial charge in [-0.2, -0.15) is 0 Å². The summed E-state index contributed by atoms with van der Waals surface area (Å²) in [6, 6.07) is 9.39. The quantitative estimate of drug-likeness (QED) is 0.757. The van der Waals surface area contributed by atoms with Gasteiger partial charge in [0.2, 0.25) is 0 Å². The van der Waals surface area contributed by atoms with Crippen molar-refractivity contribution in [3.05, 3.63) is 35.9 Å². The molecule has 0 spiro atoms. The second-order valence-electron chi connectivity index (χ2n) is 3.41. The van der Waals surface area contributed by atoms with Gasteiger partial charge in [0, 0.05) is 18.0 Å². The maximum atomic E-state index is 11.2. The fourth-order valence-electron chi connectivity index (χ4n) is 1.48. The van der Waals surface area contributed by atoms with E-state index in [1.807, 2.05) is 31.3 Å². The van der Waals surface area contributed by atoms with Gasteiger partial charge in [-0.05, 0) is 37.3 Å². The number of ketones is 1. The Balaban J connectivity index is 2.59. The molecule has 0 aliphatic rings. The Labute approximate surface area is 88.1 Å². The lowest BCUT2D eigenvalue weighted by molar-refractivity contribution is 0.101. The monoisotopic (exact) mass is 200 g/mol. The Bertz CT molecular complexity index is 520. The zero-order valence-electron chi connectivity index (χ0n) is 8.74. The Kier molecular flexibility index (Phi) is 2.37. The molecule has 0 saturated carbocycles.